The number of hydrogen-bond acceptors (Lipinski definition) is 5. The highest BCUT2D eigenvalue weighted by molar-refractivity contribution is 7.89. The summed E-state index contributed by atoms with van der Waals surface area (Å²) in [4.78, 5) is 23.9. The molecule has 0 aliphatic heterocycles. The SMILES string of the molecule is NC(=O)c1c(N)c(-c2ccccc2)cc(/C=C/C(=O)NCCc2ccc(F)cc2)c1S(N)(=O)=O. The molecule has 0 aromatic heterocycles. The van der Waals surface area contributed by atoms with Crippen molar-refractivity contribution < 1.29 is 22.4 Å². The zero-order chi connectivity index (χ0) is 24.9. The maximum absolute atomic E-state index is 13.0. The second kappa shape index (κ2) is 10.3. The number of amides is 2. The summed E-state index contributed by atoms with van der Waals surface area (Å²) in [6, 6.07) is 16.0. The molecule has 0 unspecified atom stereocenters. The summed E-state index contributed by atoms with van der Waals surface area (Å²) in [6.45, 7) is 0.264. The molecule has 0 fully saturated rings. The molecule has 3 rings (SSSR count). The smallest absolute Gasteiger partial charge is 0.252 e. The summed E-state index contributed by atoms with van der Waals surface area (Å²) in [5, 5.41) is 8.02. The van der Waals surface area contributed by atoms with Gasteiger partial charge in [0.1, 0.15) is 10.7 Å². The van der Waals surface area contributed by atoms with E-state index in [0.717, 1.165) is 11.6 Å². The highest BCUT2D eigenvalue weighted by Gasteiger charge is 2.26. The van der Waals surface area contributed by atoms with Crippen molar-refractivity contribution in [3.05, 3.63) is 89.2 Å². The van der Waals surface area contributed by atoms with Gasteiger partial charge in [-0.25, -0.2) is 17.9 Å². The monoisotopic (exact) mass is 482 g/mol. The number of halogens is 1. The summed E-state index contributed by atoms with van der Waals surface area (Å²) >= 11 is 0. The Morgan fingerprint density at radius 3 is 2.26 bits per heavy atom. The highest BCUT2D eigenvalue weighted by Crippen LogP contribution is 2.35. The van der Waals surface area contributed by atoms with Gasteiger partial charge in [-0.15, -0.1) is 0 Å². The Balaban J connectivity index is 1.94. The second-order valence-corrected chi connectivity index (χ2v) is 8.91. The summed E-state index contributed by atoms with van der Waals surface area (Å²) in [7, 11) is -4.43. The molecule has 0 spiro atoms. The van der Waals surface area contributed by atoms with Crippen molar-refractivity contribution in [1.82, 2.24) is 5.32 Å². The lowest BCUT2D eigenvalue weighted by Crippen LogP contribution is -2.24. The van der Waals surface area contributed by atoms with Gasteiger partial charge in [-0.05, 0) is 47.4 Å². The van der Waals surface area contributed by atoms with E-state index < -0.39 is 32.3 Å². The summed E-state index contributed by atoms with van der Waals surface area (Å²) in [6.07, 6.45) is 2.81. The average Bonchev–Trinajstić information content (AvgIpc) is 2.79. The zero-order valence-electron chi connectivity index (χ0n) is 18.0. The molecule has 0 aliphatic rings. The van der Waals surface area contributed by atoms with Gasteiger partial charge in [-0.3, -0.25) is 9.59 Å². The lowest BCUT2D eigenvalue weighted by Gasteiger charge is -2.16. The van der Waals surface area contributed by atoms with Crippen LogP contribution < -0.4 is 21.9 Å². The Bertz CT molecular complexity index is 1360. The van der Waals surface area contributed by atoms with Gasteiger partial charge in [0.2, 0.25) is 15.9 Å². The Kier molecular flexibility index (Phi) is 7.44. The third-order valence-corrected chi connectivity index (χ3v) is 6.01. The highest BCUT2D eigenvalue weighted by atomic mass is 32.2. The van der Waals surface area contributed by atoms with Gasteiger partial charge in [0.25, 0.3) is 5.91 Å². The van der Waals surface area contributed by atoms with Crippen molar-refractivity contribution >= 4 is 33.6 Å². The first-order valence-electron chi connectivity index (χ1n) is 10.1. The van der Waals surface area contributed by atoms with E-state index in [2.05, 4.69) is 5.32 Å². The molecule has 0 heterocycles. The molecule has 10 heteroatoms. The number of rotatable bonds is 8. The number of carbonyl (C=O) groups is 2. The summed E-state index contributed by atoms with van der Waals surface area (Å²) in [5.74, 6) is -1.94. The molecule has 176 valence electrons. The minimum absolute atomic E-state index is 0.0157. The van der Waals surface area contributed by atoms with E-state index >= 15 is 0 Å². The van der Waals surface area contributed by atoms with Crippen LogP contribution in [0.2, 0.25) is 0 Å². The van der Waals surface area contributed by atoms with Gasteiger partial charge >= 0.3 is 0 Å². The lowest BCUT2D eigenvalue weighted by molar-refractivity contribution is -0.116. The molecule has 34 heavy (non-hydrogen) atoms. The first-order chi connectivity index (χ1) is 16.1. The van der Waals surface area contributed by atoms with Crippen LogP contribution in [0.25, 0.3) is 17.2 Å². The van der Waals surface area contributed by atoms with Gasteiger partial charge in [0.05, 0.1) is 11.3 Å². The van der Waals surface area contributed by atoms with Crippen molar-refractivity contribution in [2.24, 2.45) is 10.9 Å². The third kappa shape index (κ3) is 5.85. The number of carbonyl (C=O) groups excluding carboxylic acids is 2. The van der Waals surface area contributed by atoms with E-state index in [1.165, 1.54) is 24.3 Å². The molecule has 3 aromatic carbocycles. The number of hydrogen-bond donors (Lipinski definition) is 4. The molecular weight excluding hydrogens is 459 g/mol. The van der Waals surface area contributed by atoms with E-state index in [9.17, 15) is 22.4 Å². The summed E-state index contributed by atoms with van der Waals surface area (Å²) in [5.41, 5.74) is 12.8. The predicted octanol–water partition coefficient (Wildman–Crippen LogP) is 2.19. The van der Waals surface area contributed by atoms with Crippen LogP contribution >= 0.6 is 0 Å². The molecule has 0 aliphatic carbocycles. The lowest BCUT2D eigenvalue weighted by atomic mass is 9.96. The van der Waals surface area contributed by atoms with Crippen LogP contribution in [-0.2, 0) is 21.2 Å². The van der Waals surface area contributed by atoms with Gasteiger partial charge in [-0.1, -0.05) is 42.5 Å². The van der Waals surface area contributed by atoms with Crippen LogP contribution in [0, 0.1) is 5.82 Å². The molecule has 3 aromatic rings. The molecule has 0 saturated carbocycles. The van der Waals surface area contributed by atoms with Gasteiger partial charge in [0.15, 0.2) is 0 Å². The first kappa shape index (κ1) is 24.6. The number of primary sulfonamides is 1. The summed E-state index contributed by atoms with van der Waals surface area (Å²) < 4.78 is 37.6. The Morgan fingerprint density at radius 2 is 1.68 bits per heavy atom. The number of sulfonamides is 1. The zero-order valence-corrected chi connectivity index (χ0v) is 18.8. The molecule has 0 saturated heterocycles. The Hall–Kier alpha value is -4.02. The number of benzene rings is 3. The molecule has 0 radical (unpaired) electrons. The van der Waals surface area contributed by atoms with Crippen molar-refractivity contribution in [2.75, 3.05) is 12.3 Å². The average molecular weight is 483 g/mol. The van der Waals surface area contributed by atoms with Crippen molar-refractivity contribution in [3.8, 4) is 11.1 Å². The maximum Gasteiger partial charge on any atom is 0.252 e. The van der Waals surface area contributed by atoms with Crippen molar-refractivity contribution in [3.63, 3.8) is 0 Å². The van der Waals surface area contributed by atoms with Crippen LogP contribution in [-0.4, -0.2) is 26.8 Å². The number of anilines is 1. The predicted molar refractivity (Wildman–Crippen MR) is 128 cm³/mol. The topological polar surface area (TPSA) is 158 Å². The molecule has 8 nitrogen and oxygen atoms in total. The van der Waals surface area contributed by atoms with Crippen molar-refractivity contribution in [1.29, 1.82) is 0 Å². The normalized spacial score (nSPS) is 11.5. The van der Waals surface area contributed by atoms with Crippen LogP contribution in [0.15, 0.2) is 71.6 Å². The van der Waals surface area contributed by atoms with Gasteiger partial charge in [-0.2, -0.15) is 0 Å². The molecule has 2 amide bonds. The molecule has 0 atom stereocenters. The Morgan fingerprint density at radius 1 is 1.03 bits per heavy atom. The second-order valence-electron chi connectivity index (χ2n) is 7.41. The fourth-order valence-electron chi connectivity index (χ4n) is 3.44. The van der Waals surface area contributed by atoms with Crippen LogP contribution in [0.3, 0.4) is 0 Å². The number of nitrogens with two attached hydrogens (primary N) is 3. The Labute approximate surface area is 196 Å². The van der Waals surface area contributed by atoms with E-state index in [-0.39, 0.29) is 23.6 Å². The number of primary amides is 1. The minimum Gasteiger partial charge on any atom is -0.398 e. The number of nitrogen functional groups attached to an aromatic ring is 1. The maximum atomic E-state index is 13.0. The standard InChI is InChI=1S/C24H23FN4O4S/c25-18-9-6-15(7-10-18)12-13-29-20(30)11-8-17-14-19(16-4-2-1-3-5-16)22(26)21(24(27)31)23(17)34(28,32)33/h1-11,14H,12-13,26H2,(H2,27,31)(H,29,30)(H2,28,32,33)/b11-8+. The van der Waals surface area contributed by atoms with Crippen LogP contribution in [0.4, 0.5) is 10.1 Å². The van der Waals surface area contributed by atoms with E-state index in [4.69, 9.17) is 16.6 Å². The van der Waals surface area contributed by atoms with Crippen LogP contribution in [0.5, 0.6) is 0 Å². The van der Waals surface area contributed by atoms with E-state index in [1.807, 2.05) is 0 Å². The quantitative estimate of drug-likeness (QED) is 0.286. The number of nitrogens with one attached hydrogen (secondary N) is 1. The van der Waals surface area contributed by atoms with Crippen LogP contribution in [0.1, 0.15) is 21.5 Å². The largest absolute Gasteiger partial charge is 0.398 e. The third-order valence-electron chi connectivity index (χ3n) is 5.00. The molecule has 7 N–H and O–H groups in total. The first-order valence-corrected chi connectivity index (χ1v) is 11.7. The van der Waals surface area contributed by atoms with E-state index in [1.54, 1.807) is 42.5 Å². The minimum atomic E-state index is -4.43. The van der Waals surface area contributed by atoms with E-state index in [0.29, 0.717) is 17.5 Å². The fraction of sp³-hybridized carbons (Fsp3) is 0.0833. The van der Waals surface area contributed by atoms with Gasteiger partial charge in [0, 0.05) is 18.2 Å². The fourth-order valence-corrected chi connectivity index (χ4v) is 4.39. The van der Waals surface area contributed by atoms with Gasteiger partial charge < -0.3 is 16.8 Å². The van der Waals surface area contributed by atoms with Crippen molar-refractivity contribution in [2.45, 2.75) is 11.3 Å². The molecular formula is C24H23FN4O4S. The molecule has 0 bridgehead atoms.